The van der Waals surface area contributed by atoms with Crippen LogP contribution < -0.4 is 15.2 Å². The summed E-state index contributed by atoms with van der Waals surface area (Å²) in [5, 5.41) is 11.5. The normalized spacial score (nSPS) is 11.7. The number of rotatable bonds is 9. The Morgan fingerprint density at radius 2 is 1.83 bits per heavy atom. The maximum atomic E-state index is 15.2. The Bertz CT molecular complexity index is 1800. The SMILES string of the molecule is Cc1c(C(=O)Cc2ccc(Oc3ccnc4cc(N(C)C)sc34)c(F)c2)c(=O)n(-c2ccccc2)n1CC(C)(C)O. The minimum atomic E-state index is -1.14. The van der Waals surface area contributed by atoms with Gasteiger partial charge < -0.3 is 14.7 Å². The van der Waals surface area contributed by atoms with E-state index in [0.29, 0.717) is 22.7 Å². The summed E-state index contributed by atoms with van der Waals surface area (Å²) in [7, 11) is 3.87. The Balaban J connectivity index is 1.43. The number of ether oxygens (including phenoxy) is 1. The van der Waals surface area contributed by atoms with Crippen molar-refractivity contribution in [2.45, 2.75) is 39.3 Å². The second kappa shape index (κ2) is 10.9. The largest absolute Gasteiger partial charge is 0.453 e. The first kappa shape index (κ1) is 28.3. The molecule has 41 heavy (non-hydrogen) atoms. The lowest BCUT2D eigenvalue weighted by atomic mass is 10.0. The number of fused-ring (bicyclic) bond motifs is 1. The van der Waals surface area contributed by atoms with Gasteiger partial charge in [0.15, 0.2) is 17.3 Å². The summed E-state index contributed by atoms with van der Waals surface area (Å²) in [5.41, 5.74) is 0.554. The van der Waals surface area contributed by atoms with E-state index in [1.165, 1.54) is 28.2 Å². The standard InChI is InChI=1S/C31H31FN4O4S/c1-19-28(30(38)36(21-9-7-6-8-10-21)35(19)18-31(2,3)39)24(37)16-20-11-12-25(22(32)15-20)40-26-13-14-33-23-17-27(34(4)5)41-29(23)26/h6-15,17,39H,16,18H2,1-5H3. The van der Waals surface area contributed by atoms with Crippen LogP contribution in [0.25, 0.3) is 15.9 Å². The molecular weight excluding hydrogens is 543 g/mol. The molecule has 0 atom stereocenters. The van der Waals surface area contributed by atoms with Crippen LogP contribution in [0, 0.1) is 12.7 Å². The highest BCUT2D eigenvalue weighted by atomic mass is 32.1. The van der Waals surface area contributed by atoms with Crippen molar-refractivity contribution in [1.29, 1.82) is 0 Å². The molecule has 5 rings (SSSR count). The first-order chi connectivity index (χ1) is 19.4. The molecule has 0 unspecified atom stereocenters. The molecule has 2 aromatic carbocycles. The van der Waals surface area contributed by atoms with E-state index in [2.05, 4.69) is 4.98 Å². The third kappa shape index (κ3) is 5.79. The second-order valence-electron chi connectivity index (χ2n) is 10.8. The van der Waals surface area contributed by atoms with Crippen molar-refractivity contribution in [2.24, 2.45) is 0 Å². The average Bonchev–Trinajstić information content (AvgIpc) is 3.45. The molecule has 0 radical (unpaired) electrons. The molecule has 3 aromatic heterocycles. The fraction of sp³-hybridized carbons (Fsp3) is 0.258. The van der Waals surface area contributed by atoms with Crippen molar-refractivity contribution in [3.8, 4) is 17.2 Å². The number of hydrogen-bond acceptors (Lipinski definition) is 7. The van der Waals surface area contributed by atoms with Crippen LogP contribution in [0.5, 0.6) is 11.5 Å². The number of thiophene rings is 1. The van der Waals surface area contributed by atoms with E-state index in [4.69, 9.17) is 4.74 Å². The van der Waals surface area contributed by atoms with E-state index in [1.807, 2.05) is 31.1 Å². The van der Waals surface area contributed by atoms with Crippen molar-refractivity contribution in [2.75, 3.05) is 19.0 Å². The van der Waals surface area contributed by atoms with Crippen LogP contribution in [0.15, 0.2) is 71.7 Å². The summed E-state index contributed by atoms with van der Waals surface area (Å²) >= 11 is 1.50. The Kier molecular flexibility index (Phi) is 7.54. The number of pyridine rings is 1. The van der Waals surface area contributed by atoms with Gasteiger partial charge in [-0.05, 0) is 56.7 Å². The lowest BCUT2D eigenvalue weighted by Gasteiger charge is -2.22. The number of hydrogen-bond donors (Lipinski definition) is 1. The molecule has 10 heteroatoms. The minimum Gasteiger partial charge on any atom is -0.453 e. The van der Waals surface area contributed by atoms with Gasteiger partial charge in [-0.25, -0.2) is 9.07 Å². The maximum absolute atomic E-state index is 15.2. The quantitative estimate of drug-likeness (QED) is 0.226. The van der Waals surface area contributed by atoms with Crippen LogP contribution in [0.4, 0.5) is 9.39 Å². The third-order valence-electron chi connectivity index (χ3n) is 6.60. The number of anilines is 1. The zero-order valence-corrected chi connectivity index (χ0v) is 24.3. The van der Waals surface area contributed by atoms with Gasteiger partial charge in [-0.15, -0.1) is 11.3 Å². The predicted molar refractivity (Wildman–Crippen MR) is 160 cm³/mol. The number of benzene rings is 2. The highest BCUT2D eigenvalue weighted by Gasteiger charge is 2.27. The molecule has 0 saturated heterocycles. The minimum absolute atomic E-state index is 0.00686. The van der Waals surface area contributed by atoms with E-state index in [0.717, 1.165) is 15.2 Å². The molecule has 8 nitrogen and oxygen atoms in total. The lowest BCUT2D eigenvalue weighted by Crippen LogP contribution is -2.32. The van der Waals surface area contributed by atoms with Crippen LogP contribution >= 0.6 is 11.3 Å². The van der Waals surface area contributed by atoms with Gasteiger partial charge in [-0.3, -0.25) is 19.3 Å². The fourth-order valence-electron chi connectivity index (χ4n) is 4.68. The number of carbonyl (C=O) groups is 1. The number of halogens is 1. The fourth-order valence-corrected chi connectivity index (χ4v) is 5.67. The average molecular weight is 575 g/mol. The summed E-state index contributed by atoms with van der Waals surface area (Å²) in [6.07, 6.45) is 1.44. The van der Waals surface area contributed by atoms with Crippen LogP contribution in [-0.4, -0.2) is 44.9 Å². The van der Waals surface area contributed by atoms with E-state index in [-0.39, 0.29) is 24.3 Å². The maximum Gasteiger partial charge on any atom is 0.282 e. The molecule has 0 amide bonds. The van der Waals surface area contributed by atoms with E-state index in [9.17, 15) is 14.7 Å². The molecular formula is C31H31FN4O4S. The van der Waals surface area contributed by atoms with E-state index >= 15 is 4.39 Å². The molecule has 0 aliphatic heterocycles. The monoisotopic (exact) mass is 574 g/mol. The van der Waals surface area contributed by atoms with Crippen molar-refractivity contribution in [3.05, 3.63) is 99.9 Å². The van der Waals surface area contributed by atoms with Gasteiger partial charge in [-0.2, -0.15) is 0 Å². The first-order valence-corrected chi connectivity index (χ1v) is 13.9. The van der Waals surface area contributed by atoms with E-state index in [1.54, 1.807) is 68.0 Å². The van der Waals surface area contributed by atoms with Crippen molar-refractivity contribution in [1.82, 2.24) is 14.3 Å². The summed E-state index contributed by atoms with van der Waals surface area (Å²) in [4.78, 5) is 33.3. The number of carbonyl (C=O) groups excluding carboxylic acids is 1. The smallest absolute Gasteiger partial charge is 0.282 e. The van der Waals surface area contributed by atoms with Gasteiger partial charge >= 0.3 is 0 Å². The van der Waals surface area contributed by atoms with Gasteiger partial charge in [0.25, 0.3) is 5.56 Å². The number of aliphatic hydroxyl groups is 1. The highest BCUT2D eigenvalue weighted by molar-refractivity contribution is 7.23. The Morgan fingerprint density at radius 3 is 2.49 bits per heavy atom. The van der Waals surface area contributed by atoms with Crippen LogP contribution in [0.3, 0.4) is 0 Å². The number of nitrogens with zero attached hydrogens (tertiary/aromatic N) is 4. The molecule has 0 bridgehead atoms. The number of ketones is 1. The molecule has 212 valence electrons. The van der Waals surface area contributed by atoms with Crippen LogP contribution in [0.1, 0.15) is 35.5 Å². The number of Topliss-reactive ketones (excluding diaryl/α,β-unsaturated/α-hetero) is 1. The van der Waals surface area contributed by atoms with Gasteiger partial charge in [0.1, 0.15) is 11.3 Å². The number of para-hydroxylation sites is 1. The van der Waals surface area contributed by atoms with Crippen LogP contribution in [0.2, 0.25) is 0 Å². The molecule has 0 aliphatic carbocycles. The van der Waals surface area contributed by atoms with Crippen molar-refractivity contribution < 1.29 is 19.0 Å². The van der Waals surface area contributed by atoms with Crippen LogP contribution in [-0.2, 0) is 13.0 Å². The molecule has 0 fully saturated rings. The lowest BCUT2D eigenvalue weighted by molar-refractivity contribution is 0.0546. The molecule has 1 N–H and O–H groups in total. The Labute approximate surface area is 240 Å². The molecule has 0 spiro atoms. The zero-order chi connectivity index (χ0) is 29.5. The second-order valence-corrected chi connectivity index (χ2v) is 11.8. The summed E-state index contributed by atoms with van der Waals surface area (Å²) < 4.78 is 24.9. The molecule has 3 heterocycles. The predicted octanol–water partition coefficient (Wildman–Crippen LogP) is 5.75. The van der Waals surface area contributed by atoms with Crippen molar-refractivity contribution >= 4 is 32.3 Å². The highest BCUT2D eigenvalue weighted by Crippen LogP contribution is 2.38. The Hall–Kier alpha value is -4.28. The summed E-state index contributed by atoms with van der Waals surface area (Å²) in [6.45, 7) is 5.05. The third-order valence-corrected chi connectivity index (χ3v) is 7.90. The zero-order valence-electron chi connectivity index (χ0n) is 23.5. The molecule has 0 aliphatic rings. The van der Waals surface area contributed by atoms with Gasteiger partial charge in [-0.1, -0.05) is 24.3 Å². The van der Waals surface area contributed by atoms with Gasteiger partial charge in [0.2, 0.25) is 0 Å². The first-order valence-electron chi connectivity index (χ1n) is 13.1. The van der Waals surface area contributed by atoms with Gasteiger partial charge in [0.05, 0.1) is 33.1 Å². The topological polar surface area (TPSA) is 89.6 Å². The molecule has 5 aromatic rings. The van der Waals surface area contributed by atoms with Crippen molar-refractivity contribution in [3.63, 3.8) is 0 Å². The summed E-state index contributed by atoms with van der Waals surface area (Å²) in [6, 6.07) is 16.9. The Morgan fingerprint density at radius 1 is 1.10 bits per heavy atom. The summed E-state index contributed by atoms with van der Waals surface area (Å²) in [5.74, 6) is -0.554. The van der Waals surface area contributed by atoms with E-state index < -0.39 is 22.8 Å². The number of aromatic nitrogens is 3. The van der Waals surface area contributed by atoms with Gasteiger partial charge in [0, 0.05) is 38.5 Å². The molecule has 0 saturated carbocycles.